The Labute approximate surface area is 183 Å². The Balaban J connectivity index is 1.65. The lowest BCUT2D eigenvalue weighted by molar-refractivity contribution is 0.339. The van der Waals surface area contributed by atoms with Crippen LogP contribution in [-0.4, -0.2) is 17.3 Å². The Morgan fingerprint density at radius 2 is 1.87 bits per heavy atom. The summed E-state index contributed by atoms with van der Waals surface area (Å²) >= 11 is 8.44. The third-order valence-electron chi connectivity index (χ3n) is 6.55. The smallest absolute Gasteiger partial charge is 0.123 e. The highest BCUT2D eigenvalue weighted by molar-refractivity contribution is 7.99. The number of hydrogen-bond donors (Lipinski definition) is 2. The van der Waals surface area contributed by atoms with Crippen LogP contribution < -0.4 is 5.32 Å². The molecule has 2 aliphatic rings. The van der Waals surface area contributed by atoms with Gasteiger partial charge in [0.1, 0.15) is 5.82 Å². The van der Waals surface area contributed by atoms with Crippen molar-refractivity contribution in [3.63, 3.8) is 0 Å². The maximum absolute atomic E-state index is 14.3. The first kappa shape index (κ1) is 18.5. The van der Waals surface area contributed by atoms with Gasteiger partial charge in [-0.25, -0.2) is 4.39 Å². The maximum Gasteiger partial charge on any atom is 0.123 e. The largest absolute Gasteiger partial charge is 0.356 e. The second-order valence-corrected chi connectivity index (χ2v) is 9.60. The van der Waals surface area contributed by atoms with Crippen LogP contribution in [0.25, 0.3) is 10.9 Å². The van der Waals surface area contributed by atoms with Crippen molar-refractivity contribution in [2.24, 2.45) is 0 Å². The zero-order chi connectivity index (χ0) is 20.3. The van der Waals surface area contributed by atoms with E-state index in [1.807, 2.05) is 24.3 Å². The third-order valence-corrected chi connectivity index (χ3v) is 7.97. The highest BCUT2D eigenvalue weighted by Gasteiger charge is 2.46. The minimum atomic E-state index is -0.422. The molecule has 0 saturated carbocycles. The molecule has 3 aromatic carbocycles. The van der Waals surface area contributed by atoms with E-state index in [1.165, 1.54) is 10.9 Å². The van der Waals surface area contributed by atoms with E-state index in [9.17, 15) is 4.39 Å². The summed E-state index contributed by atoms with van der Waals surface area (Å²) in [5.74, 6) is 0.919. The fraction of sp³-hybridized carbons (Fsp3) is 0.200. The van der Waals surface area contributed by atoms with Crippen LogP contribution in [0.4, 0.5) is 4.39 Å². The monoisotopic (exact) mass is 434 g/mol. The van der Waals surface area contributed by atoms with Gasteiger partial charge >= 0.3 is 0 Å². The molecule has 0 saturated heterocycles. The fourth-order valence-electron chi connectivity index (χ4n) is 5.21. The van der Waals surface area contributed by atoms with Crippen LogP contribution in [0.15, 0.2) is 71.6 Å². The lowest BCUT2D eigenvalue weighted by Crippen LogP contribution is -2.51. The Bertz CT molecular complexity index is 1280. The summed E-state index contributed by atoms with van der Waals surface area (Å²) < 4.78 is 14.3. The van der Waals surface area contributed by atoms with Crippen LogP contribution in [0.5, 0.6) is 0 Å². The van der Waals surface area contributed by atoms with Crippen molar-refractivity contribution >= 4 is 34.3 Å². The summed E-state index contributed by atoms with van der Waals surface area (Å²) in [5, 5.41) is 5.84. The third kappa shape index (κ3) is 2.60. The first-order chi connectivity index (χ1) is 14.7. The Morgan fingerprint density at radius 1 is 1.03 bits per heavy atom. The minimum Gasteiger partial charge on any atom is -0.356 e. The molecule has 2 aliphatic heterocycles. The van der Waals surface area contributed by atoms with Gasteiger partial charge in [0.15, 0.2) is 0 Å². The van der Waals surface area contributed by atoms with Crippen molar-refractivity contribution in [1.29, 1.82) is 0 Å². The Hall–Kier alpha value is -2.27. The predicted molar refractivity (Wildman–Crippen MR) is 122 cm³/mol. The summed E-state index contributed by atoms with van der Waals surface area (Å²) in [7, 11) is 0. The topological polar surface area (TPSA) is 27.8 Å². The number of halogens is 2. The number of aromatic amines is 1. The van der Waals surface area contributed by atoms with Crippen molar-refractivity contribution < 1.29 is 4.39 Å². The molecule has 5 heteroatoms. The van der Waals surface area contributed by atoms with Gasteiger partial charge in [0.05, 0.1) is 5.54 Å². The highest BCUT2D eigenvalue weighted by Crippen LogP contribution is 2.51. The number of rotatable bonds is 1. The van der Waals surface area contributed by atoms with Gasteiger partial charge in [0, 0.05) is 44.7 Å². The number of thioether (sulfide) groups is 1. The quantitative estimate of drug-likeness (QED) is 0.361. The van der Waals surface area contributed by atoms with Crippen LogP contribution in [0.1, 0.15) is 34.7 Å². The van der Waals surface area contributed by atoms with Gasteiger partial charge in [-0.15, -0.1) is 11.8 Å². The molecule has 0 fully saturated rings. The molecule has 4 aromatic rings. The normalized spacial score (nSPS) is 22.8. The van der Waals surface area contributed by atoms with Crippen LogP contribution in [0.3, 0.4) is 0 Å². The van der Waals surface area contributed by atoms with Gasteiger partial charge in [0.25, 0.3) is 0 Å². The van der Waals surface area contributed by atoms with Gasteiger partial charge in [-0.05, 0) is 53.4 Å². The summed E-state index contributed by atoms with van der Waals surface area (Å²) in [6, 6.07) is 21.7. The van der Waals surface area contributed by atoms with E-state index in [2.05, 4.69) is 40.6 Å². The van der Waals surface area contributed by atoms with E-state index in [1.54, 1.807) is 23.9 Å². The molecule has 2 nitrogen and oxygen atoms in total. The second-order valence-electron chi connectivity index (χ2n) is 8.06. The molecule has 0 aliphatic carbocycles. The standard InChI is InChI=1S/C25H20ClFN2S/c26-20-7-3-1-5-16(20)18-14-28-25(11-12-30-22-10-9-15(27)13-19(22)25)24-23(18)17-6-2-4-8-21(17)29-24/h1-10,13,18,28-29H,11-12,14H2. The lowest BCUT2D eigenvalue weighted by Gasteiger charge is -2.45. The highest BCUT2D eigenvalue weighted by atomic mass is 35.5. The van der Waals surface area contributed by atoms with Crippen LogP contribution in [0.2, 0.25) is 5.02 Å². The van der Waals surface area contributed by atoms with Crippen molar-refractivity contribution in [2.45, 2.75) is 22.8 Å². The summed E-state index contributed by atoms with van der Waals surface area (Å²) in [6.45, 7) is 0.749. The van der Waals surface area contributed by atoms with Gasteiger partial charge in [-0.1, -0.05) is 48.0 Å². The predicted octanol–water partition coefficient (Wildman–Crippen LogP) is 6.43. The summed E-state index contributed by atoms with van der Waals surface area (Å²) in [5.41, 5.74) is 5.26. The molecule has 3 heterocycles. The number of nitrogens with one attached hydrogen (secondary N) is 2. The summed E-state index contributed by atoms with van der Waals surface area (Å²) in [6.07, 6.45) is 0.906. The Kier molecular flexibility index (Phi) is 4.24. The molecular formula is C25H20ClFN2S. The van der Waals surface area contributed by atoms with Crippen LogP contribution >= 0.6 is 23.4 Å². The van der Waals surface area contributed by atoms with Crippen LogP contribution in [0, 0.1) is 5.82 Å². The van der Waals surface area contributed by atoms with E-state index in [4.69, 9.17) is 11.6 Å². The number of H-pyrrole nitrogens is 1. The number of fused-ring (bicyclic) bond motifs is 6. The van der Waals surface area contributed by atoms with Gasteiger partial charge in [-0.3, -0.25) is 0 Å². The van der Waals surface area contributed by atoms with Crippen molar-refractivity contribution in [3.05, 3.63) is 100.0 Å². The number of para-hydroxylation sites is 1. The number of aromatic nitrogens is 1. The van der Waals surface area contributed by atoms with Gasteiger partial charge < -0.3 is 10.3 Å². The molecule has 150 valence electrons. The average molecular weight is 435 g/mol. The molecule has 2 unspecified atom stereocenters. The van der Waals surface area contributed by atoms with E-state index in [0.29, 0.717) is 0 Å². The molecule has 1 spiro atoms. The SMILES string of the molecule is Fc1ccc2c(c1)C1(CCS2)NCC(c2ccccc2Cl)c2c1[nH]c1ccccc21. The molecule has 0 amide bonds. The fourth-order valence-corrected chi connectivity index (χ4v) is 6.65. The second kappa shape index (κ2) is 6.88. The number of hydrogen-bond acceptors (Lipinski definition) is 2. The molecule has 1 aromatic heterocycles. The van der Waals surface area contributed by atoms with Crippen LogP contribution in [-0.2, 0) is 5.54 Å². The van der Waals surface area contributed by atoms with E-state index in [-0.39, 0.29) is 11.7 Å². The van der Waals surface area contributed by atoms with Crippen molar-refractivity contribution in [3.8, 4) is 0 Å². The maximum atomic E-state index is 14.3. The molecule has 2 atom stereocenters. The Morgan fingerprint density at radius 3 is 2.77 bits per heavy atom. The molecule has 0 bridgehead atoms. The first-order valence-electron chi connectivity index (χ1n) is 10.2. The van der Waals surface area contributed by atoms with Crippen molar-refractivity contribution in [1.82, 2.24) is 10.3 Å². The van der Waals surface area contributed by atoms with Gasteiger partial charge in [-0.2, -0.15) is 0 Å². The average Bonchev–Trinajstić information content (AvgIpc) is 3.16. The lowest BCUT2D eigenvalue weighted by atomic mass is 9.74. The van der Waals surface area contributed by atoms with E-state index in [0.717, 1.165) is 51.0 Å². The molecular weight excluding hydrogens is 415 g/mol. The number of benzene rings is 3. The zero-order valence-electron chi connectivity index (χ0n) is 16.2. The summed E-state index contributed by atoms with van der Waals surface area (Å²) in [4.78, 5) is 4.87. The molecule has 6 rings (SSSR count). The van der Waals surface area contributed by atoms with E-state index < -0.39 is 5.54 Å². The minimum absolute atomic E-state index is 0.127. The first-order valence-corrected chi connectivity index (χ1v) is 11.6. The van der Waals surface area contributed by atoms with Gasteiger partial charge in [0.2, 0.25) is 0 Å². The molecule has 2 N–H and O–H groups in total. The molecule has 0 radical (unpaired) electrons. The van der Waals surface area contributed by atoms with E-state index >= 15 is 0 Å². The molecule has 30 heavy (non-hydrogen) atoms. The zero-order valence-corrected chi connectivity index (χ0v) is 17.8. The van der Waals surface area contributed by atoms with Crippen molar-refractivity contribution in [2.75, 3.05) is 12.3 Å².